The van der Waals surface area contributed by atoms with Crippen molar-refractivity contribution in [2.24, 2.45) is 0 Å². The molecule has 0 saturated heterocycles. The highest BCUT2D eigenvalue weighted by molar-refractivity contribution is 5.48. The molecule has 2 rings (SSSR count). The van der Waals surface area contributed by atoms with E-state index in [1.165, 1.54) is 6.07 Å². The van der Waals surface area contributed by atoms with Gasteiger partial charge in [0.1, 0.15) is 6.10 Å². The van der Waals surface area contributed by atoms with E-state index in [0.717, 1.165) is 18.4 Å². The molecule has 0 spiro atoms. The number of rotatable bonds is 3. The fraction of sp³-hybridized carbons (Fsp3) is 0.500. The minimum atomic E-state index is -0.518. The van der Waals surface area contributed by atoms with Gasteiger partial charge in [0.2, 0.25) is 0 Å². The molecule has 2 unspecified atom stereocenters. The van der Waals surface area contributed by atoms with Gasteiger partial charge in [-0.1, -0.05) is 6.07 Å². The van der Waals surface area contributed by atoms with Crippen LogP contribution in [0.4, 0.5) is 5.69 Å². The van der Waals surface area contributed by atoms with Crippen LogP contribution in [0.3, 0.4) is 0 Å². The Morgan fingerprint density at radius 1 is 1.47 bits per heavy atom. The number of aliphatic hydroxyl groups is 1. The average Bonchev–Trinajstić information content (AvgIpc) is 2.67. The molecule has 0 aromatic heterocycles. The smallest absolute Gasteiger partial charge is 0.311 e. The van der Waals surface area contributed by atoms with Crippen LogP contribution >= 0.6 is 0 Å². The molecule has 1 N–H and O–H groups in total. The van der Waals surface area contributed by atoms with Crippen LogP contribution in [0.1, 0.15) is 24.8 Å². The van der Waals surface area contributed by atoms with Crippen LogP contribution in [0.2, 0.25) is 0 Å². The van der Waals surface area contributed by atoms with Crippen molar-refractivity contribution >= 4 is 5.69 Å². The van der Waals surface area contributed by atoms with Gasteiger partial charge in [0.25, 0.3) is 0 Å². The van der Waals surface area contributed by atoms with Crippen molar-refractivity contribution in [2.45, 2.75) is 38.4 Å². The van der Waals surface area contributed by atoms with Crippen LogP contribution in [0.5, 0.6) is 5.75 Å². The molecule has 5 nitrogen and oxygen atoms in total. The number of nitro benzene ring substituents is 1. The molecule has 0 bridgehead atoms. The van der Waals surface area contributed by atoms with Crippen LogP contribution in [0.15, 0.2) is 18.2 Å². The van der Waals surface area contributed by atoms with E-state index in [9.17, 15) is 15.2 Å². The van der Waals surface area contributed by atoms with E-state index in [-0.39, 0.29) is 17.5 Å². The number of nitrogens with zero attached hydrogens (tertiary/aromatic N) is 1. The van der Waals surface area contributed by atoms with Crippen LogP contribution in [-0.2, 0) is 0 Å². The number of aliphatic hydroxyl groups excluding tert-OH is 1. The summed E-state index contributed by atoms with van der Waals surface area (Å²) in [4.78, 5) is 10.4. The van der Waals surface area contributed by atoms with Crippen LogP contribution in [0, 0.1) is 17.0 Å². The highest BCUT2D eigenvalue weighted by Gasteiger charge is 2.29. The van der Waals surface area contributed by atoms with Gasteiger partial charge in [-0.3, -0.25) is 10.1 Å². The van der Waals surface area contributed by atoms with Gasteiger partial charge >= 0.3 is 5.69 Å². The number of hydrogen-bond acceptors (Lipinski definition) is 4. The second kappa shape index (κ2) is 4.71. The largest absolute Gasteiger partial charge is 0.481 e. The van der Waals surface area contributed by atoms with Crippen molar-refractivity contribution in [2.75, 3.05) is 0 Å². The van der Waals surface area contributed by atoms with Gasteiger partial charge in [-0.05, 0) is 37.8 Å². The van der Waals surface area contributed by atoms with Crippen molar-refractivity contribution in [3.05, 3.63) is 33.9 Å². The summed E-state index contributed by atoms with van der Waals surface area (Å²) in [5, 5.41) is 20.5. The minimum absolute atomic E-state index is 0.0379. The summed E-state index contributed by atoms with van der Waals surface area (Å²) in [6.07, 6.45) is 1.49. The van der Waals surface area contributed by atoms with Crippen LogP contribution in [-0.4, -0.2) is 22.2 Å². The van der Waals surface area contributed by atoms with E-state index < -0.39 is 11.0 Å². The Kier molecular flexibility index (Phi) is 3.28. The third-order valence-electron chi connectivity index (χ3n) is 3.01. The Balaban J connectivity index is 2.22. The number of benzene rings is 1. The second-order valence-electron chi connectivity index (χ2n) is 4.38. The van der Waals surface area contributed by atoms with Gasteiger partial charge in [0.15, 0.2) is 5.75 Å². The molecule has 0 amide bonds. The van der Waals surface area contributed by atoms with Crippen LogP contribution in [0.25, 0.3) is 0 Å². The van der Waals surface area contributed by atoms with Crippen molar-refractivity contribution in [3.8, 4) is 5.75 Å². The quantitative estimate of drug-likeness (QED) is 0.646. The summed E-state index contributed by atoms with van der Waals surface area (Å²) in [7, 11) is 0. The summed E-state index contributed by atoms with van der Waals surface area (Å²) in [6.45, 7) is 1.79. The van der Waals surface area contributed by atoms with E-state index in [0.29, 0.717) is 6.42 Å². The van der Waals surface area contributed by atoms with E-state index in [1.54, 1.807) is 19.1 Å². The fourth-order valence-electron chi connectivity index (χ4n) is 2.08. The van der Waals surface area contributed by atoms with Gasteiger partial charge in [-0.15, -0.1) is 0 Å². The lowest BCUT2D eigenvalue weighted by Gasteiger charge is -2.17. The molecule has 1 aromatic rings. The summed E-state index contributed by atoms with van der Waals surface area (Å²) in [6, 6.07) is 4.85. The van der Waals surface area contributed by atoms with E-state index >= 15 is 0 Å². The molecule has 1 aliphatic carbocycles. The van der Waals surface area contributed by atoms with Crippen LogP contribution < -0.4 is 4.74 Å². The lowest BCUT2D eigenvalue weighted by atomic mass is 10.2. The molecule has 0 aliphatic heterocycles. The normalized spacial score (nSPS) is 23.6. The first-order valence-electron chi connectivity index (χ1n) is 5.67. The zero-order chi connectivity index (χ0) is 12.4. The van der Waals surface area contributed by atoms with E-state index in [2.05, 4.69) is 0 Å². The van der Waals surface area contributed by atoms with Gasteiger partial charge in [-0.2, -0.15) is 0 Å². The van der Waals surface area contributed by atoms with Crippen molar-refractivity contribution in [3.63, 3.8) is 0 Å². The topological polar surface area (TPSA) is 72.6 Å². The highest BCUT2D eigenvalue weighted by Crippen LogP contribution is 2.32. The molecule has 17 heavy (non-hydrogen) atoms. The second-order valence-corrected chi connectivity index (χ2v) is 4.38. The third kappa shape index (κ3) is 2.55. The van der Waals surface area contributed by atoms with Gasteiger partial charge in [0, 0.05) is 6.07 Å². The lowest BCUT2D eigenvalue weighted by Crippen LogP contribution is -2.25. The van der Waals surface area contributed by atoms with Gasteiger partial charge in [-0.25, -0.2) is 0 Å². The van der Waals surface area contributed by atoms with E-state index in [1.807, 2.05) is 0 Å². The first kappa shape index (κ1) is 11.9. The van der Waals surface area contributed by atoms with Crippen molar-refractivity contribution in [1.82, 2.24) is 0 Å². The molecule has 1 fully saturated rings. The number of ether oxygens (including phenoxy) is 1. The molecule has 1 saturated carbocycles. The van der Waals surface area contributed by atoms with E-state index in [4.69, 9.17) is 4.74 Å². The minimum Gasteiger partial charge on any atom is -0.481 e. The van der Waals surface area contributed by atoms with Gasteiger partial charge in [0.05, 0.1) is 11.0 Å². The molecule has 0 heterocycles. The molecule has 1 aliphatic rings. The zero-order valence-electron chi connectivity index (χ0n) is 9.63. The fourth-order valence-corrected chi connectivity index (χ4v) is 2.08. The third-order valence-corrected chi connectivity index (χ3v) is 3.01. The van der Waals surface area contributed by atoms with Crippen molar-refractivity contribution < 1.29 is 14.8 Å². The predicted molar refractivity (Wildman–Crippen MR) is 62.1 cm³/mol. The van der Waals surface area contributed by atoms with Crippen molar-refractivity contribution in [1.29, 1.82) is 0 Å². The average molecular weight is 237 g/mol. The maximum atomic E-state index is 10.9. The summed E-state index contributed by atoms with van der Waals surface area (Å²) >= 11 is 0. The zero-order valence-corrected chi connectivity index (χ0v) is 9.63. The molecule has 1 aromatic carbocycles. The molecular formula is C12H15NO4. The van der Waals surface area contributed by atoms with Gasteiger partial charge < -0.3 is 9.84 Å². The Labute approximate surface area is 99.2 Å². The Morgan fingerprint density at radius 2 is 2.24 bits per heavy atom. The first-order chi connectivity index (χ1) is 8.08. The summed E-state index contributed by atoms with van der Waals surface area (Å²) in [5.74, 6) is 0.242. The molecule has 92 valence electrons. The maximum absolute atomic E-state index is 10.9. The maximum Gasteiger partial charge on any atom is 0.311 e. The Bertz CT molecular complexity index is 433. The molecule has 5 heteroatoms. The lowest BCUT2D eigenvalue weighted by molar-refractivity contribution is -0.386. The monoisotopic (exact) mass is 237 g/mol. The molecular weight excluding hydrogens is 222 g/mol. The number of aryl methyl sites for hydroxylation is 1. The first-order valence-corrected chi connectivity index (χ1v) is 5.67. The molecule has 0 radical (unpaired) electrons. The summed E-state index contributed by atoms with van der Waals surface area (Å²) in [5.41, 5.74) is 0.778. The Hall–Kier alpha value is -1.62. The number of hydrogen-bond donors (Lipinski definition) is 1. The SMILES string of the molecule is Cc1ccc(OC2CCCC2O)c([N+](=O)[O-])c1. The Morgan fingerprint density at radius 3 is 2.82 bits per heavy atom. The standard InChI is InChI=1S/C12H15NO4/c1-8-5-6-11(9(7-8)13(15)16)17-12-4-2-3-10(12)14/h5-7,10,12,14H,2-4H2,1H3. The highest BCUT2D eigenvalue weighted by atomic mass is 16.6. The molecule has 2 atom stereocenters. The predicted octanol–water partition coefficient (Wildman–Crippen LogP) is 2.20. The summed E-state index contributed by atoms with van der Waals surface area (Å²) < 4.78 is 5.54. The number of nitro groups is 1.